The van der Waals surface area contributed by atoms with Gasteiger partial charge in [0.1, 0.15) is 0 Å². The van der Waals surface area contributed by atoms with Crippen LogP contribution in [0.4, 0.5) is 5.13 Å². The predicted molar refractivity (Wildman–Crippen MR) is 71.0 cm³/mol. The van der Waals surface area contributed by atoms with E-state index < -0.39 is 0 Å². The fraction of sp³-hybridized carbons (Fsp3) is 0.636. The Morgan fingerprint density at radius 3 is 2.76 bits per heavy atom. The van der Waals surface area contributed by atoms with Gasteiger partial charge >= 0.3 is 0 Å². The maximum Gasteiger partial charge on any atom is 0.226 e. The van der Waals surface area contributed by atoms with Crippen LogP contribution in [-0.2, 0) is 11.2 Å². The van der Waals surface area contributed by atoms with Crippen LogP contribution < -0.4 is 11.1 Å². The summed E-state index contributed by atoms with van der Waals surface area (Å²) < 4.78 is 0. The SMILES string of the molecule is CCN(CC)CCNC(=O)Cc1csc(N)n1. The van der Waals surface area contributed by atoms with Crippen LogP contribution in [0.2, 0.25) is 0 Å². The van der Waals surface area contributed by atoms with Crippen LogP contribution in [0.25, 0.3) is 0 Å². The number of thiazole rings is 1. The summed E-state index contributed by atoms with van der Waals surface area (Å²) in [5.41, 5.74) is 6.24. The van der Waals surface area contributed by atoms with Gasteiger partial charge in [0.2, 0.25) is 5.91 Å². The Morgan fingerprint density at radius 2 is 2.24 bits per heavy atom. The summed E-state index contributed by atoms with van der Waals surface area (Å²) in [6, 6.07) is 0. The highest BCUT2D eigenvalue weighted by Gasteiger charge is 2.06. The van der Waals surface area contributed by atoms with Crippen molar-refractivity contribution in [2.45, 2.75) is 20.3 Å². The molecule has 0 aromatic carbocycles. The third kappa shape index (κ3) is 5.14. The molecular formula is C11H20N4OS. The summed E-state index contributed by atoms with van der Waals surface area (Å²) in [5, 5.41) is 5.21. The molecule has 0 unspecified atom stereocenters. The summed E-state index contributed by atoms with van der Waals surface area (Å²) in [4.78, 5) is 17.9. The zero-order valence-electron chi connectivity index (χ0n) is 10.4. The van der Waals surface area contributed by atoms with Crippen molar-refractivity contribution in [1.29, 1.82) is 0 Å². The number of anilines is 1. The van der Waals surface area contributed by atoms with Crippen LogP contribution in [0.15, 0.2) is 5.38 Å². The average molecular weight is 256 g/mol. The fourth-order valence-corrected chi connectivity index (χ4v) is 2.09. The van der Waals surface area contributed by atoms with E-state index in [9.17, 15) is 4.79 Å². The lowest BCUT2D eigenvalue weighted by atomic mass is 10.3. The highest BCUT2D eigenvalue weighted by molar-refractivity contribution is 7.13. The van der Waals surface area contributed by atoms with Gasteiger partial charge < -0.3 is 16.0 Å². The van der Waals surface area contributed by atoms with Crippen LogP contribution in [0.3, 0.4) is 0 Å². The number of carbonyl (C=O) groups is 1. The molecule has 5 nitrogen and oxygen atoms in total. The van der Waals surface area contributed by atoms with Crippen molar-refractivity contribution in [3.63, 3.8) is 0 Å². The number of hydrogen-bond donors (Lipinski definition) is 2. The van der Waals surface area contributed by atoms with E-state index in [0.29, 0.717) is 18.1 Å². The van der Waals surface area contributed by atoms with Gasteiger partial charge in [0, 0.05) is 18.5 Å². The van der Waals surface area contributed by atoms with Crippen LogP contribution in [0.1, 0.15) is 19.5 Å². The van der Waals surface area contributed by atoms with Crippen molar-refractivity contribution in [1.82, 2.24) is 15.2 Å². The molecule has 3 N–H and O–H groups in total. The second-order valence-corrected chi connectivity index (χ2v) is 4.62. The molecule has 0 aliphatic carbocycles. The highest BCUT2D eigenvalue weighted by Crippen LogP contribution is 2.10. The lowest BCUT2D eigenvalue weighted by Gasteiger charge is -2.17. The lowest BCUT2D eigenvalue weighted by Crippen LogP contribution is -2.35. The number of rotatable bonds is 7. The number of amides is 1. The molecule has 1 heterocycles. The molecule has 0 bridgehead atoms. The van der Waals surface area contributed by atoms with Crippen molar-refractivity contribution in [2.75, 3.05) is 31.9 Å². The summed E-state index contributed by atoms with van der Waals surface area (Å²) in [6.45, 7) is 7.81. The van der Waals surface area contributed by atoms with Gasteiger partial charge in [0.05, 0.1) is 12.1 Å². The topological polar surface area (TPSA) is 71.2 Å². The van der Waals surface area contributed by atoms with Gasteiger partial charge in [-0.1, -0.05) is 13.8 Å². The molecule has 0 aliphatic rings. The number of hydrogen-bond acceptors (Lipinski definition) is 5. The molecule has 1 aromatic heterocycles. The zero-order chi connectivity index (χ0) is 12.7. The van der Waals surface area contributed by atoms with E-state index in [-0.39, 0.29) is 5.91 Å². The normalized spacial score (nSPS) is 10.8. The highest BCUT2D eigenvalue weighted by atomic mass is 32.1. The molecule has 0 spiro atoms. The van der Waals surface area contributed by atoms with Crippen molar-refractivity contribution in [3.8, 4) is 0 Å². The standard InChI is InChI=1S/C11H20N4OS/c1-3-15(4-2)6-5-13-10(16)7-9-8-17-11(12)14-9/h8H,3-7H2,1-2H3,(H2,12,14)(H,13,16). The molecule has 0 atom stereocenters. The zero-order valence-corrected chi connectivity index (χ0v) is 11.2. The molecule has 0 fully saturated rings. The van der Waals surface area contributed by atoms with Crippen molar-refractivity contribution >= 4 is 22.4 Å². The van der Waals surface area contributed by atoms with E-state index in [0.717, 1.165) is 25.3 Å². The molecule has 0 saturated carbocycles. The molecule has 17 heavy (non-hydrogen) atoms. The van der Waals surface area contributed by atoms with E-state index in [1.165, 1.54) is 11.3 Å². The molecule has 0 saturated heterocycles. The first-order valence-corrected chi connectivity index (χ1v) is 6.72. The van der Waals surface area contributed by atoms with Gasteiger partial charge in [0.15, 0.2) is 5.13 Å². The maximum absolute atomic E-state index is 11.6. The lowest BCUT2D eigenvalue weighted by molar-refractivity contribution is -0.120. The minimum Gasteiger partial charge on any atom is -0.375 e. The number of likely N-dealkylation sites (N-methyl/N-ethyl adjacent to an activating group) is 1. The Kier molecular flexibility index (Phi) is 5.93. The predicted octanol–water partition coefficient (Wildman–Crippen LogP) is 0.726. The molecule has 1 rings (SSSR count). The van der Waals surface area contributed by atoms with Gasteiger partial charge in [-0.15, -0.1) is 11.3 Å². The number of aromatic nitrogens is 1. The van der Waals surface area contributed by atoms with Crippen molar-refractivity contribution in [3.05, 3.63) is 11.1 Å². The molecule has 96 valence electrons. The second-order valence-electron chi connectivity index (χ2n) is 3.73. The van der Waals surface area contributed by atoms with E-state index in [2.05, 4.69) is 29.0 Å². The summed E-state index contributed by atoms with van der Waals surface area (Å²) in [5.74, 6) is 0.00227. The number of nitrogens with one attached hydrogen (secondary N) is 1. The number of nitrogens with zero attached hydrogens (tertiary/aromatic N) is 2. The number of nitrogen functional groups attached to an aromatic ring is 1. The first-order valence-electron chi connectivity index (χ1n) is 5.84. The van der Waals surface area contributed by atoms with Gasteiger partial charge in [-0.2, -0.15) is 0 Å². The first-order chi connectivity index (χ1) is 8.15. The smallest absolute Gasteiger partial charge is 0.226 e. The minimum absolute atomic E-state index is 0.00227. The molecule has 6 heteroatoms. The van der Waals surface area contributed by atoms with Crippen LogP contribution in [-0.4, -0.2) is 42.0 Å². The van der Waals surface area contributed by atoms with Gasteiger partial charge in [-0.25, -0.2) is 4.98 Å². The van der Waals surface area contributed by atoms with E-state index >= 15 is 0 Å². The number of carbonyl (C=O) groups excluding carboxylic acids is 1. The second kappa shape index (κ2) is 7.24. The van der Waals surface area contributed by atoms with E-state index in [1.54, 1.807) is 0 Å². The van der Waals surface area contributed by atoms with Gasteiger partial charge in [-0.3, -0.25) is 4.79 Å². The number of nitrogens with two attached hydrogens (primary N) is 1. The van der Waals surface area contributed by atoms with Crippen molar-refractivity contribution in [2.24, 2.45) is 0 Å². The Bertz CT molecular complexity index is 349. The Balaban J connectivity index is 2.21. The Labute approximate surface area is 106 Å². The average Bonchev–Trinajstić information content (AvgIpc) is 2.70. The summed E-state index contributed by atoms with van der Waals surface area (Å²) in [7, 11) is 0. The molecule has 1 aromatic rings. The fourth-order valence-electron chi connectivity index (χ4n) is 1.52. The third-order valence-electron chi connectivity index (χ3n) is 2.56. The van der Waals surface area contributed by atoms with E-state index in [4.69, 9.17) is 5.73 Å². The third-order valence-corrected chi connectivity index (χ3v) is 3.28. The Morgan fingerprint density at radius 1 is 1.53 bits per heavy atom. The Hall–Kier alpha value is -1.14. The van der Waals surface area contributed by atoms with Gasteiger partial charge in [-0.05, 0) is 13.1 Å². The van der Waals surface area contributed by atoms with Crippen LogP contribution >= 0.6 is 11.3 Å². The van der Waals surface area contributed by atoms with E-state index in [1.807, 2.05) is 5.38 Å². The van der Waals surface area contributed by atoms with Crippen LogP contribution in [0.5, 0.6) is 0 Å². The van der Waals surface area contributed by atoms with Gasteiger partial charge in [0.25, 0.3) is 0 Å². The first kappa shape index (κ1) is 13.9. The molecule has 1 amide bonds. The quantitative estimate of drug-likeness (QED) is 0.754. The minimum atomic E-state index is 0.00227. The van der Waals surface area contributed by atoms with Crippen LogP contribution in [0, 0.1) is 0 Å². The molecular weight excluding hydrogens is 236 g/mol. The summed E-state index contributed by atoms with van der Waals surface area (Å²) >= 11 is 1.36. The van der Waals surface area contributed by atoms with Crippen molar-refractivity contribution < 1.29 is 4.79 Å². The maximum atomic E-state index is 11.6. The summed E-state index contributed by atoms with van der Waals surface area (Å²) in [6.07, 6.45) is 0.311. The largest absolute Gasteiger partial charge is 0.375 e. The monoisotopic (exact) mass is 256 g/mol. The molecule has 0 radical (unpaired) electrons. The molecule has 0 aliphatic heterocycles.